The Balaban J connectivity index is 2.36. The highest BCUT2D eigenvalue weighted by molar-refractivity contribution is 5.79. The van der Waals surface area contributed by atoms with Crippen LogP contribution in [0.4, 0.5) is 0 Å². The molecule has 0 saturated carbocycles. The third-order valence-corrected chi connectivity index (χ3v) is 3.10. The number of hydrogen-bond donors (Lipinski definition) is 2. The summed E-state index contributed by atoms with van der Waals surface area (Å²) in [7, 11) is 1.72. The van der Waals surface area contributed by atoms with Crippen molar-refractivity contribution >= 4 is 11.9 Å². The van der Waals surface area contributed by atoms with Gasteiger partial charge in [-0.1, -0.05) is 18.2 Å². The van der Waals surface area contributed by atoms with Crippen LogP contribution in [0.2, 0.25) is 0 Å². The molecular formula is C17H27N3O3. The lowest BCUT2D eigenvalue weighted by molar-refractivity contribution is -0.143. The summed E-state index contributed by atoms with van der Waals surface area (Å²) in [6, 6.07) is 7.91. The van der Waals surface area contributed by atoms with Crippen LogP contribution in [0.25, 0.3) is 0 Å². The lowest BCUT2D eigenvalue weighted by Crippen LogP contribution is -2.37. The van der Waals surface area contributed by atoms with E-state index in [1.54, 1.807) is 7.05 Å². The quantitative estimate of drug-likeness (QED) is 0.315. The molecular weight excluding hydrogens is 294 g/mol. The van der Waals surface area contributed by atoms with Gasteiger partial charge in [-0.3, -0.25) is 9.79 Å². The van der Waals surface area contributed by atoms with Crippen molar-refractivity contribution in [2.24, 2.45) is 4.99 Å². The molecule has 128 valence electrons. The number of rotatable bonds is 9. The summed E-state index contributed by atoms with van der Waals surface area (Å²) in [5, 5.41) is 6.42. The number of benzene rings is 1. The summed E-state index contributed by atoms with van der Waals surface area (Å²) in [5.41, 5.74) is 1.07. The highest BCUT2D eigenvalue weighted by Gasteiger charge is 2.05. The van der Waals surface area contributed by atoms with Crippen molar-refractivity contribution in [3.8, 4) is 5.75 Å². The van der Waals surface area contributed by atoms with Crippen LogP contribution in [0.15, 0.2) is 29.3 Å². The zero-order chi connectivity index (χ0) is 16.9. The van der Waals surface area contributed by atoms with E-state index in [1.807, 2.05) is 38.1 Å². The van der Waals surface area contributed by atoms with Gasteiger partial charge in [-0.05, 0) is 26.3 Å². The Bertz CT molecular complexity index is 504. The molecule has 23 heavy (non-hydrogen) atoms. The fraction of sp³-hybridized carbons (Fsp3) is 0.529. The van der Waals surface area contributed by atoms with E-state index in [0.717, 1.165) is 11.3 Å². The molecule has 0 heterocycles. The predicted octanol–water partition coefficient (Wildman–Crippen LogP) is 2.09. The Labute approximate surface area is 138 Å². The van der Waals surface area contributed by atoms with Crippen LogP contribution in [-0.2, 0) is 16.1 Å². The van der Waals surface area contributed by atoms with E-state index in [-0.39, 0.29) is 5.97 Å². The standard InChI is InChI=1S/C17H27N3O3/c1-4-22-15-10-7-6-9-14(15)13-20-17(18-3)19-12-8-11-16(21)23-5-2/h6-7,9-10H,4-5,8,11-13H2,1-3H3,(H2,18,19,20). The molecule has 0 spiro atoms. The van der Waals surface area contributed by atoms with E-state index in [4.69, 9.17) is 9.47 Å². The topological polar surface area (TPSA) is 72.0 Å². The number of esters is 1. The summed E-state index contributed by atoms with van der Waals surface area (Å²) >= 11 is 0. The van der Waals surface area contributed by atoms with E-state index in [1.165, 1.54) is 0 Å². The molecule has 0 bridgehead atoms. The number of guanidine groups is 1. The number of carbonyl (C=O) groups excluding carboxylic acids is 1. The Morgan fingerprint density at radius 2 is 1.96 bits per heavy atom. The highest BCUT2D eigenvalue weighted by Crippen LogP contribution is 2.17. The van der Waals surface area contributed by atoms with E-state index in [2.05, 4.69) is 15.6 Å². The minimum absolute atomic E-state index is 0.164. The number of nitrogens with one attached hydrogen (secondary N) is 2. The van der Waals surface area contributed by atoms with Gasteiger partial charge in [-0.15, -0.1) is 0 Å². The van der Waals surface area contributed by atoms with Crippen LogP contribution in [0.5, 0.6) is 5.75 Å². The summed E-state index contributed by atoms with van der Waals surface area (Å²) in [6.07, 6.45) is 1.11. The zero-order valence-corrected chi connectivity index (χ0v) is 14.2. The molecule has 0 aromatic heterocycles. The van der Waals surface area contributed by atoms with Gasteiger partial charge in [0.05, 0.1) is 13.2 Å². The lowest BCUT2D eigenvalue weighted by atomic mass is 10.2. The van der Waals surface area contributed by atoms with Crippen molar-refractivity contribution < 1.29 is 14.3 Å². The molecule has 1 aromatic rings. The first-order valence-electron chi connectivity index (χ1n) is 8.02. The maximum atomic E-state index is 11.3. The summed E-state index contributed by atoms with van der Waals surface area (Å²) in [5.74, 6) is 1.41. The van der Waals surface area contributed by atoms with Crippen LogP contribution >= 0.6 is 0 Å². The van der Waals surface area contributed by atoms with Crippen LogP contribution in [0, 0.1) is 0 Å². The van der Waals surface area contributed by atoms with E-state index < -0.39 is 0 Å². The van der Waals surface area contributed by atoms with Gasteiger partial charge in [0.1, 0.15) is 5.75 Å². The number of hydrogen-bond acceptors (Lipinski definition) is 4. The zero-order valence-electron chi connectivity index (χ0n) is 14.2. The first kappa shape index (κ1) is 18.8. The first-order valence-corrected chi connectivity index (χ1v) is 8.02. The van der Waals surface area contributed by atoms with Gasteiger partial charge in [0.15, 0.2) is 5.96 Å². The molecule has 2 N–H and O–H groups in total. The van der Waals surface area contributed by atoms with Gasteiger partial charge in [0.2, 0.25) is 0 Å². The van der Waals surface area contributed by atoms with E-state index in [9.17, 15) is 4.79 Å². The van der Waals surface area contributed by atoms with Gasteiger partial charge in [0, 0.05) is 32.1 Å². The lowest BCUT2D eigenvalue weighted by Gasteiger charge is -2.14. The van der Waals surface area contributed by atoms with Crippen molar-refractivity contribution in [2.75, 3.05) is 26.8 Å². The molecule has 0 atom stereocenters. The van der Waals surface area contributed by atoms with Gasteiger partial charge in [-0.25, -0.2) is 0 Å². The molecule has 6 nitrogen and oxygen atoms in total. The number of nitrogens with zero attached hydrogens (tertiary/aromatic N) is 1. The SMILES string of the molecule is CCOC(=O)CCCNC(=NC)NCc1ccccc1OCC. The molecule has 0 amide bonds. The fourth-order valence-electron chi connectivity index (χ4n) is 2.02. The van der Waals surface area contributed by atoms with Gasteiger partial charge < -0.3 is 20.1 Å². The number of carbonyl (C=O) groups is 1. The molecule has 0 unspecified atom stereocenters. The normalized spacial score (nSPS) is 11.0. The molecule has 0 fully saturated rings. The Kier molecular flexibility index (Phi) is 9.28. The molecule has 0 radical (unpaired) electrons. The average Bonchev–Trinajstić information content (AvgIpc) is 2.56. The second-order valence-corrected chi connectivity index (χ2v) is 4.80. The average molecular weight is 321 g/mol. The van der Waals surface area contributed by atoms with Crippen molar-refractivity contribution in [2.45, 2.75) is 33.2 Å². The molecule has 0 saturated heterocycles. The summed E-state index contributed by atoms with van der Waals surface area (Å²) in [4.78, 5) is 15.4. The Morgan fingerprint density at radius 3 is 2.65 bits per heavy atom. The van der Waals surface area contributed by atoms with Crippen molar-refractivity contribution in [3.05, 3.63) is 29.8 Å². The van der Waals surface area contributed by atoms with Gasteiger partial charge in [0.25, 0.3) is 0 Å². The van der Waals surface area contributed by atoms with Gasteiger partial charge in [-0.2, -0.15) is 0 Å². The third kappa shape index (κ3) is 7.54. The van der Waals surface area contributed by atoms with Crippen LogP contribution in [0.1, 0.15) is 32.3 Å². The molecule has 1 aromatic carbocycles. The molecule has 0 aliphatic rings. The summed E-state index contributed by atoms with van der Waals surface area (Å²) in [6.45, 7) is 6.11. The third-order valence-electron chi connectivity index (χ3n) is 3.10. The maximum absolute atomic E-state index is 11.3. The van der Waals surface area contributed by atoms with E-state index in [0.29, 0.717) is 45.1 Å². The Hall–Kier alpha value is -2.24. The van der Waals surface area contributed by atoms with E-state index >= 15 is 0 Å². The first-order chi connectivity index (χ1) is 11.2. The highest BCUT2D eigenvalue weighted by atomic mass is 16.5. The second-order valence-electron chi connectivity index (χ2n) is 4.80. The van der Waals surface area contributed by atoms with Crippen LogP contribution in [-0.4, -0.2) is 38.7 Å². The van der Waals surface area contributed by atoms with Crippen molar-refractivity contribution in [3.63, 3.8) is 0 Å². The van der Waals surface area contributed by atoms with Crippen LogP contribution in [0.3, 0.4) is 0 Å². The summed E-state index contributed by atoms with van der Waals surface area (Å²) < 4.78 is 10.5. The number of aliphatic imine (C=N–C) groups is 1. The van der Waals surface area contributed by atoms with Gasteiger partial charge >= 0.3 is 5.97 Å². The number of para-hydroxylation sites is 1. The largest absolute Gasteiger partial charge is 0.494 e. The maximum Gasteiger partial charge on any atom is 0.305 e. The molecule has 0 aliphatic carbocycles. The second kappa shape index (κ2) is 11.3. The minimum Gasteiger partial charge on any atom is -0.494 e. The molecule has 0 aliphatic heterocycles. The fourth-order valence-corrected chi connectivity index (χ4v) is 2.02. The van der Waals surface area contributed by atoms with Crippen LogP contribution < -0.4 is 15.4 Å². The smallest absolute Gasteiger partial charge is 0.305 e. The van der Waals surface area contributed by atoms with Crippen molar-refractivity contribution in [1.29, 1.82) is 0 Å². The molecule has 6 heteroatoms. The minimum atomic E-state index is -0.164. The molecule has 1 rings (SSSR count). The predicted molar refractivity (Wildman–Crippen MR) is 91.7 cm³/mol. The van der Waals surface area contributed by atoms with Crippen molar-refractivity contribution in [1.82, 2.24) is 10.6 Å². The monoisotopic (exact) mass is 321 g/mol. The number of ether oxygens (including phenoxy) is 2. The Morgan fingerprint density at radius 1 is 1.17 bits per heavy atom.